The summed E-state index contributed by atoms with van der Waals surface area (Å²) in [5.74, 6) is -0.488. The standard InChI is InChI=1S/C27H34O5/c1-6-32-26(30)17-22(19-10-8-7-9-11-19)16-23(28)20-12-14-21(15-13-20)24(31-5)18-25(29)27(2,3)4/h7-15,22,24H,6,16-18H2,1-5H3. The number of hydrogen-bond acceptors (Lipinski definition) is 5. The van der Waals surface area contributed by atoms with Crippen molar-refractivity contribution < 1.29 is 23.9 Å². The number of ketones is 2. The van der Waals surface area contributed by atoms with Gasteiger partial charge in [-0.3, -0.25) is 14.4 Å². The summed E-state index contributed by atoms with van der Waals surface area (Å²) in [7, 11) is 1.58. The van der Waals surface area contributed by atoms with Gasteiger partial charge in [0.05, 0.1) is 19.1 Å². The molecule has 172 valence electrons. The van der Waals surface area contributed by atoms with Gasteiger partial charge in [0.1, 0.15) is 5.78 Å². The fourth-order valence-electron chi connectivity index (χ4n) is 3.49. The highest BCUT2D eigenvalue weighted by atomic mass is 16.5. The van der Waals surface area contributed by atoms with E-state index in [-0.39, 0.29) is 48.8 Å². The fraction of sp³-hybridized carbons (Fsp3) is 0.444. The molecular weight excluding hydrogens is 404 g/mol. The lowest BCUT2D eigenvalue weighted by atomic mass is 9.86. The lowest BCUT2D eigenvalue weighted by Gasteiger charge is -2.21. The van der Waals surface area contributed by atoms with Crippen molar-refractivity contribution >= 4 is 17.5 Å². The van der Waals surface area contributed by atoms with Crippen molar-refractivity contribution in [2.24, 2.45) is 5.41 Å². The van der Waals surface area contributed by atoms with Gasteiger partial charge in [-0.05, 0) is 18.1 Å². The first-order valence-corrected chi connectivity index (χ1v) is 11.1. The van der Waals surface area contributed by atoms with Crippen molar-refractivity contribution in [1.29, 1.82) is 0 Å². The van der Waals surface area contributed by atoms with Crippen molar-refractivity contribution in [3.8, 4) is 0 Å². The minimum atomic E-state index is -0.432. The van der Waals surface area contributed by atoms with Crippen molar-refractivity contribution in [3.05, 3.63) is 71.3 Å². The van der Waals surface area contributed by atoms with Gasteiger partial charge < -0.3 is 9.47 Å². The Kier molecular flexibility index (Phi) is 9.33. The van der Waals surface area contributed by atoms with E-state index in [1.807, 2.05) is 63.2 Å². The quantitative estimate of drug-likeness (QED) is 0.333. The monoisotopic (exact) mass is 438 g/mol. The second kappa shape index (κ2) is 11.7. The van der Waals surface area contributed by atoms with E-state index in [2.05, 4.69) is 0 Å². The molecule has 2 aromatic carbocycles. The van der Waals surface area contributed by atoms with Crippen LogP contribution in [0.4, 0.5) is 0 Å². The molecule has 0 heterocycles. The van der Waals surface area contributed by atoms with Gasteiger partial charge in [0.15, 0.2) is 5.78 Å². The van der Waals surface area contributed by atoms with Crippen LogP contribution in [-0.2, 0) is 19.1 Å². The summed E-state index contributed by atoms with van der Waals surface area (Å²) < 4.78 is 10.6. The van der Waals surface area contributed by atoms with Gasteiger partial charge in [-0.2, -0.15) is 0 Å². The summed E-state index contributed by atoms with van der Waals surface area (Å²) in [5.41, 5.74) is 1.92. The Bertz CT molecular complexity index is 894. The SMILES string of the molecule is CCOC(=O)CC(CC(=O)c1ccc(C(CC(=O)C(C)(C)C)OC)cc1)c1ccccc1. The number of carbonyl (C=O) groups is 3. The topological polar surface area (TPSA) is 69.7 Å². The molecule has 2 unspecified atom stereocenters. The van der Waals surface area contributed by atoms with Crippen molar-refractivity contribution in [2.75, 3.05) is 13.7 Å². The maximum absolute atomic E-state index is 13.0. The molecule has 0 bridgehead atoms. The summed E-state index contributed by atoms with van der Waals surface area (Å²) in [6.07, 6.45) is 0.288. The van der Waals surface area contributed by atoms with E-state index in [1.54, 1.807) is 26.2 Å². The zero-order valence-electron chi connectivity index (χ0n) is 19.7. The summed E-state index contributed by atoms with van der Waals surface area (Å²) in [6.45, 7) is 7.76. The zero-order chi connectivity index (χ0) is 23.7. The van der Waals surface area contributed by atoms with Gasteiger partial charge >= 0.3 is 5.97 Å². The normalized spacial score (nSPS) is 13.3. The van der Waals surface area contributed by atoms with Crippen LogP contribution in [-0.4, -0.2) is 31.3 Å². The lowest BCUT2D eigenvalue weighted by Crippen LogP contribution is -2.23. The maximum atomic E-state index is 13.0. The Hall–Kier alpha value is -2.79. The zero-order valence-corrected chi connectivity index (χ0v) is 19.7. The molecule has 0 amide bonds. The van der Waals surface area contributed by atoms with Crippen molar-refractivity contribution in [1.82, 2.24) is 0 Å². The second-order valence-corrected chi connectivity index (χ2v) is 8.97. The van der Waals surface area contributed by atoms with E-state index in [9.17, 15) is 14.4 Å². The molecule has 0 fully saturated rings. The lowest BCUT2D eigenvalue weighted by molar-refractivity contribution is -0.143. The van der Waals surface area contributed by atoms with Crippen LogP contribution in [0, 0.1) is 5.41 Å². The van der Waals surface area contributed by atoms with E-state index >= 15 is 0 Å². The summed E-state index contributed by atoms with van der Waals surface area (Å²) in [4.78, 5) is 37.5. The van der Waals surface area contributed by atoms with Crippen LogP contribution in [0.3, 0.4) is 0 Å². The molecule has 2 aromatic rings. The highest BCUT2D eigenvalue weighted by Crippen LogP contribution is 2.29. The molecule has 0 saturated carbocycles. The number of Topliss-reactive ketones (excluding diaryl/α,β-unsaturated/α-hetero) is 2. The largest absolute Gasteiger partial charge is 0.466 e. The summed E-state index contributed by atoms with van der Waals surface area (Å²) in [6, 6.07) is 16.7. The van der Waals surface area contributed by atoms with Gasteiger partial charge in [0.2, 0.25) is 0 Å². The van der Waals surface area contributed by atoms with Gasteiger partial charge in [0.25, 0.3) is 0 Å². The first kappa shape index (κ1) is 25.5. The van der Waals surface area contributed by atoms with Crippen LogP contribution in [0.25, 0.3) is 0 Å². The van der Waals surface area contributed by atoms with Gasteiger partial charge in [0, 0.05) is 36.8 Å². The molecule has 0 spiro atoms. The minimum Gasteiger partial charge on any atom is -0.466 e. The highest BCUT2D eigenvalue weighted by Gasteiger charge is 2.26. The van der Waals surface area contributed by atoms with Crippen LogP contribution in [0.2, 0.25) is 0 Å². The molecule has 2 atom stereocenters. The predicted octanol–water partition coefficient (Wildman–Crippen LogP) is 5.69. The van der Waals surface area contributed by atoms with E-state index in [0.717, 1.165) is 11.1 Å². The highest BCUT2D eigenvalue weighted by molar-refractivity contribution is 5.97. The fourth-order valence-corrected chi connectivity index (χ4v) is 3.49. The number of ether oxygens (including phenoxy) is 2. The predicted molar refractivity (Wildman–Crippen MR) is 125 cm³/mol. The average Bonchev–Trinajstić information content (AvgIpc) is 2.77. The van der Waals surface area contributed by atoms with Crippen LogP contribution in [0.15, 0.2) is 54.6 Å². The third-order valence-electron chi connectivity index (χ3n) is 5.52. The third-order valence-corrected chi connectivity index (χ3v) is 5.52. The van der Waals surface area contributed by atoms with Crippen LogP contribution in [0.1, 0.15) is 80.5 Å². The van der Waals surface area contributed by atoms with Gasteiger partial charge in [-0.15, -0.1) is 0 Å². The van der Waals surface area contributed by atoms with E-state index in [1.165, 1.54) is 0 Å². The third kappa shape index (κ3) is 7.41. The van der Waals surface area contributed by atoms with E-state index in [0.29, 0.717) is 12.2 Å². The Balaban J connectivity index is 2.13. The maximum Gasteiger partial charge on any atom is 0.306 e. The molecule has 0 aliphatic carbocycles. The van der Waals surface area contributed by atoms with Crippen LogP contribution >= 0.6 is 0 Å². The van der Waals surface area contributed by atoms with E-state index in [4.69, 9.17) is 9.47 Å². The molecule has 2 rings (SSSR count). The molecule has 0 aliphatic heterocycles. The Morgan fingerprint density at radius 1 is 0.844 bits per heavy atom. The van der Waals surface area contributed by atoms with Crippen molar-refractivity contribution in [2.45, 2.75) is 59.0 Å². The van der Waals surface area contributed by atoms with Gasteiger partial charge in [-0.1, -0.05) is 75.4 Å². The molecule has 0 aliphatic rings. The van der Waals surface area contributed by atoms with Crippen LogP contribution < -0.4 is 0 Å². The first-order valence-electron chi connectivity index (χ1n) is 11.1. The Morgan fingerprint density at radius 2 is 1.47 bits per heavy atom. The second-order valence-electron chi connectivity index (χ2n) is 8.97. The number of esters is 1. The van der Waals surface area contributed by atoms with Crippen LogP contribution in [0.5, 0.6) is 0 Å². The molecular formula is C27H34O5. The van der Waals surface area contributed by atoms with Gasteiger partial charge in [-0.25, -0.2) is 0 Å². The smallest absolute Gasteiger partial charge is 0.306 e. The summed E-state index contributed by atoms with van der Waals surface area (Å²) in [5, 5.41) is 0. The minimum absolute atomic E-state index is 0.0468. The Morgan fingerprint density at radius 3 is 2.00 bits per heavy atom. The number of rotatable bonds is 11. The molecule has 32 heavy (non-hydrogen) atoms. The number of methoxy groups -OCH3 is 1. The first-order chi connectivity index (χ1) is 15.2. The number of benzene rings is 2. The molecule has 5 heteroatoms. The molecule has 0 N–H and O–H groups in total. The molecule has 0 radical (unpaired) electrons. The number of hydrogen-bond donors (Lipinski definition) is 0. The Labute approximate surface area is 191 Å². The average molecular weight is 439 g/mol. The molecule has 0 saturated heterocycles. The molecule has 0 aromatic heterocycles. The molecule has 5 nitrogen and oxygen atoms in total. The summed E-state index contributed by atoms with van der Waals surface area (Å²) >= 11 is 0. The number of carbonyl (C=O) groups excluding carboxylic acids is 3. The van der Waals surface area contributed by atoms with Crippen molar-refractivity contribution in [3.63, 3.8) is 0 Å². The van der Waals surface area contributed by atoms with E-state index < -0.39 is 5.41 Å².